The lowest BCUT2D eigenvalue weighted by Crippen LogP contribution is -2.00. The van der Waals surface area contributed by atoms with E-state index in [1.54, 1.807) is 19.1 Å². The zero-order valence-electron chi connectivity index (χ0n) is 8.35. The zero-order valence-corrected chi connectivity index (χ0v) is 9.94. The Balaban J connectivity index is 3.18. The second-order valence-corrected chi connectivity index (χ2v) is 4.31. The molecule has 3 heteroatoms. The van der Waals surface area contributed by atoms with Gasteiger partial charge in [-0.3, -0.25) is 0 Å². The Bertz CT molecular complexity index is 323. The summed E-state index contributed by atoms with van der Waals surface area (Å²) in [5.41, 5.74) is 1.03. The summed E-state index contributed by atoms with van der Waals surface area (Å²) in [6.45, 7) is 3.57. The number of aliphatic hydroxyl groups excluding tert-OH is 1. The molecule has 1 nitrogen and oxygen atoms in total. The highest BCUT2D eigenvalue weighted by Crippen LogP contribution is 2.25. The monoisotopic (exact) mass is 260 g/mol. The van der Waals surface area contributed by atoms with Crippen LogP contribution >= 0.6 is 15.9 Å². The molecule has 0 fully saturated rings. The molecule has 14 heavy (non-hydrogen) atoms. The van der Waals surface area contributed by atoms with Gasteiger partial charge < -0.3 is 5.11 Å². The van der Waals surface area contributed by atoms with Gasteiger partial charge in [0.05, 0.1) is 6.10 Å². The van der Waals surface area contributed by atoms with Crippen LogP contribution < -0.4 is 0 Å². The van der Waals surface area contributed by atoms with Crippen LogP contribution in [0.15, 0.2) is 16.6 Å². The van der Waals surface area contributed by atoms with Gasteiger partial charge in [0.2, 0.25) is 0 Å². The minimum Gasteiger partial charge on any atom is -0.389 e. The molecule has 1 aromatic rings. The molecular formula is C11H14BrFO. The number of halogens is 2. The highest BCUT2D eigenvalue weighted by molar-refractivity contribution is 9.10. The maximum absolute atomic E-state index is 13.7. The molecule has 78 valence electrons. The number of aryl methyl sites for hydroxylation is 1. The summed E-state index contributed by atoms with van der Waals surface area (Å²) in [6, 6.07) is 3.39. The predicted molar refractivity (Wildman–Crippen MR) is 58.7 cm³/mol. The second kappa shape index (κ2) is 4.89. The van der Waals surface area contributed by atoms with E-state index in [1.165, 1.54) is 0 Å². The van der Waals surface area contributed by atoms with Gasteiger partial charge in [0.15, 0.2) is 0 Å². The van der Waals surface area contributed by atoms with E-state index in [9.17, 15) is 9.50 Å². The van der Waals surface area contributed by atoms with E-state index < -0.39 is 6.10 Å². The van der Waals surface area contributed by atoms with Crippen LogP contribution in [0.1, 0.15) is 37.5 Å². The van der Waals surface area contributed by atoms with Gasteiger partial charge in [-0.2, -0.15) is 0 Å². The Hall–Kier alpha value is -0.410. The van der Waals surface area contributed by atoms with Crippen molar-refractivity contribution in [1.82, 2.24) is 0 Å². The van der Waals surface area contributed by atoms with E-state index in [0.29, 0.717) is 17.5 Å². The van der Waals surface area contributed by atoms with Gasteiger partial charge in [0.1, 0.15) is 5.82 Å². The van der Waals surface area contributed by atoms with Gasteiger partial charge in [-0.05, 0) is 31.0 Å². The molecule has 0 spiro atoms. The standard InChI is InChI=1S/C11H14BrFO/c1-3-4-8-5-9(12)6-10(7(2)14)11(8)13/h5-7,14H,3-4H2,1-2H3. The molecule has 1 atom stereocenters. The Morgan fingerprint density at radius 3 is 2.64 bits per heavy atom. The molecule has 0 saturated heterocycles. The molecule has 1 unspecified atom stereocenters. The summed E-state index contributed by atoms with van der Waals surface area (Å²) in [6.07, 6.45) is 0.834. The highest BCUT2D eigenvalue weighted by atomic mass is 79.9. The van der Waals surface area contributed by atoms with E-state index in [0.717, 1.165) is 10.9 Å². The predicted octanol–water partition coefficient (Wildman–Crippen LogP) is 3.59. The number of aliphatic hydroxyl groups is 1. The van der Waals surface area contributed by atoms with E-state index in [1.807, 2.05) is 6.92 Å². The first-order chi connectivity index (χ1) is 6.56. The molecule has 1 rings (SSSR count). The largest absolute Gasteiger partial charge is 0.389 e. The van der Waals surface area contributed by atoms with Crippen molar-refractivity contribution in [3.8, 4) is 0 Å². The number of hydrogen-bond donors (Lipinski definition) is 1. The van der Waals surface area contributed by atoms with E-state index in [2.05, 4.69) is 15.9 Å². The van der Waals surface area contributed by atoms with Gasteiger partial charge in [-0.25, -0.2) is 4.39 Å². The van der Waals surface area contributed by atoms with Crippen molar-refractivity contribution in [2.75, 3.05) is 0 Å². The van der Waals surface area contributed by atoms with Gasteiger partial charge in [-0.1, -0.05) is 29.3 Å². The SMILES string of the molecule is CCCc1cc(Br)cc(C(C)O)c1F. The van der Waals surface area contributed by atoms with Crippen LogP contribution in [0.4, 0.5) is 4.39 Å². The maximum Gasteiger partial charge on any atom is 0.132 e. The third-order valence-electron chi connectivity index (χ3n) is 2.11. The van der Waals surface area contributed by atoms with Crippen molar-refractivity contribution in [3.05, 3.63) is 33.5 Å². The lowest BCUT2D eigenvalue weighted by molar-refractivity contribution is 0.194. The molecular weight excluding hydrogens is 247 g/mol. The van der Waals surface area contributed by atoms with Crippen LogP contribution in [0, 0.1) is 5.82 Å². The molecule has 0 aliphatic carbocycles. The molecule has 1 aromatic carbocycles. The summed E-state index contributed by atoms with van der Waals surface area (Å²) < 4.78 is 14.5. The number of benzene rings is 1. The Morgan fingerprint density at radius 2 is 2.14 bits per heavy atom. The number of rotatable bonds is 3. The van der Waals surface area contributed by atoms with Crippen molar-refractivity contribution in [2.24, 2.45) is 0 Å². The third kappa shape index (κ3) is 2.55. The summed E-state index contributed by atoms with van der Waals surface area (Å²) >= 11 is 3.31. The molecule has 0 radical (unpaired) electrons. The maximum atomic E-state index is 13.7. The van der Waals surface area contributed by atoms with Crippen LogP contribution in [0.5, 0.6) is 0 Å². The summed E-state index contributed by atoms with van der Waals surface area (Å²) in [7, 11) is 0. The number of hydrogen-bond acceptors (Lipinski definition) is 1. The van der Waals surface area contributed by atoms with Crippen molar-refractivity contribution in [2.45, 2.75) is 32.8 Å². The van der Waals surface area contributed by atoms with Gasteiger partial charge in [-0.15, -0.1) is 0 Å². The van der Waals surface area contributed by atoms with Crippen LogP contribution in [-0.2, 0) is 6.42 Å². The summed E-state index contributed by atoms with van der Waals surface area (Å²) in [5, 5.41) is 9.36. The molecule has 0 saturated carbocycles. The Morgan fingerprint density at radius 1 is 1.50 bits per heavy atom. The van der Waals surface area contributed by atoms with Gasteiger partial charge in [0, 0.05) is 10.0 Å². The molecule has 0 aromatic heterocycles. The van der Waals surface area contributed by atoms with Crippen LogP contribution in [0.3, 0.4) is 0 Å². The lowest BCUT2D eigenvalue weighted by atomic mass is 10.0. The molecule has 0 amide bonds. The van der Waals surface area contributed by atoms with E-state index >= 15 is 0 Å². The smallest absolute Gasteiger partial charge is 0.132 e. The first kappa shape index (κ1) is 11.7. The Kier molecular flexibility index (Phi) is 4.08. The molecule has 0 aliphatic rings. The van der Waals surface area contributed by atoms with Gasteiger partial charge >= 0.3 is 0 Å². The van der Waals surface area contributed by atoms with E-state index in [-0.39, 0.29) is 5.82 Å². The van der Waals surface area contributed by atoms with Crippen molar-refractivity contribution in [1.29, 1.82) is 0 Å². The average molecular weight is 261 g/mol. The minimum atomic E-state index is -0.761. The van der Waals surface area contributed by atoms with Crippen LogP contribution in [0.25, 0.3) is 0 Å². The molecule has 1 N–H and O–H groups in total. The van der Waals surface area contributed by atoms with Crippen molar-refractivity contribution >= 4 is 15.9 Å². The molecule has 0 bridgehead atoms. The third-order valence-corrected chi connectivity index (χ3v) is 2.57. The summed E-state index contributed by atoms with van der Waals surface area (Å²) in [5.74, 6) is -0.273. The van der Waals surface area contributed by atoms with Gasteiger partial charge in [0.25, 0.3) is 0 Å². The second-order valence-electron chi connectivity index (χ2n) is 3.39. The first-order valence-corrected chi connectivity index (χ1v) is 5.51. The van der Waals surface area contributed by atoms with Crippen LogP contribution in [0.2, 0.25) is 0 Å². The minimum absolute atomic E-state index is 0.273. The topological polar surface area (TPSA) is 20.2 Å². The zero-order chi connectivity index (χ0) is 10.7. The van der Waals surface area contributed by atoms with E-state index in [4.69, 9.17) is 0 Å². The fourth-order valence-electron chi connectivity index (χ4n) is 1.42. The average Bonchev–Trinajstić information content (AvgIpc) is 2.10. The first-order valence-electron chi connectivity index (χ1n) is 4.72. The fourth-order valence-corrected chi connectivity index (χ4v) is 1.95. The lowest BCUT2D eigenvalue weighted by Gasteiger charge is -2.11. The molecule has 0 aliphatic heterocycles. The molecule has 0 heterocycles. The summed E-state index contributed by atoms with van der Waals surface area (Å²) in [4.78, 5) is 0. The van der Waals surface area contributed by atoms with Crippen molar-refractivity contribution in [3.63, 3.8) is 0 Å². The normalized spacial score (nSPS) is 12.9. The van der Waals surface area contributed by atoms with Crippen molar-refractivity contribution < 1.29 is 9.50 Å². The fraction of sp³-hybridized carbons (Fsp3) is 0.455. The quantitative estimate of drug-likeness (QED) is 0.881. The highest BCUT2D eigenvalue weighted by Gasteiger charge is 2.13. The Labute approximate surface area is 92.1 Å². The van der Waals surface area contributed by atoms with Crippen LogP contribution in [-0.4, -0.2) is 5.11 Å².